The highest BCUT2D eigenvalue weighted by atomic mass is 79.9. The van der Waals surface area contributed by atoms with E-state index in [0.29, 0.717) is 11.4 Å². The van der Waals surface area contributed by atoms with Crippen molar-refractivity contribution in [1.29, 1.82) is 0 Å². The summed E-state index contributed by atoms with van der Waals surface area (Å²) in [5, 5.41) is 5.47. The molecular weight excluding hydrogens is 324 g/mol. The Balaban J connectivity index is 1.88. The fourth-order valence-electron chi connectivity index (χ4n) is 2.53. The molecule has 1 aromatic rings. The van der Waals surface area contributed by atoms with Gasteiger partial charge in [-0.15, -0.1) is 0 Å². The van der Waals surface area contributed by atoms with Crippen molar-refractivity contribution in [1.82, 2.24) is 0 Å². The molecule has 2 aliphatic heterocycles. The van der Waals surface area contributed by atoms with Crippen LogP contribution in [0.4, 0.5) is 11.4 Å². The summed E-state index contributed by atoms with van der Waals surface area (Å²) >= 11 is 3.66. The maximum Gasteiger partial charge on any atom is 0.233 e. The van der Waals surface area contributed by atoms with Crippen LogP contribution in [0.25, 0.3) is 0 Å². The number of carbonyl (C=O) groups is 2. The van der Waals surface area contributed by atoms with Gasteiger partial charge in [0.1, 0.15) is 6.42 Å². The van der Waals surface area contributed by atoms with E-state index in [-0.39, 0.29) is 29.2 Å². The Labute approximate surface area is 125 Å². The van der Waals surface area contributed by atoms with Gasteiger partial charge >= 0.3 is 0 Å². The number of rotatable bonds is 2. The number of amides is 2. The largest absolute Gasteiger partial charge is 0.377 e. The Morgan fingerprint density at radius 2 is 1.95 bits per heavy atom. The fraction of sp³-hybridized carbons (Fsp3) is 0.429. The van der Waals surface area contributed by atoms with E-state index < -0.39 is 0 Å². The summed E-state index contributed by atoms with van der Waals surface area (Å²) < 4.78 is 5.67. The molecule has 20 heavy (non-hydrogen) atoms. The zero-order valence-corrected chi connectivity index (χ0v) is 12.4. The summed E-state index contributed by atoms with van der Waals surface area (Å²) in [5.41, 5.74) is 2.31. The summed E-state index contributed by atoms with van der Waals surface area (Å²) in [5.74, 6) is -0.579. The van der Waals surface area contributed by atoms with Crippen LogP contribution in [0.15, 0.2) is 18.2 Å². The highest BCUT2D eigenvalue weighted by molar-refractivity contribution is 9.09. The Hall–Kier alpha value is -1.40. The zero-order valence-electron chi connectivity index (χ0n) is 10.8. The predicted octanol–water partition coefficient (Wildman–Crippen LogP) is 2.58. The number of anilines is 2. The molecule has 2 heterocycles. The summed E-state index contributed by atoms with van der Waals surface area (Å²) in [7, 11) is 0. The minimum Gasteiger partial charge on any atom is -0.377 e. The Morgan fingerprint density at radius 3 is 2.65 bits per heavy atom. The molecule has 1 saturated heterocycles. The second-order valence-corrected chi connectivity index (χ2v) is 6.02. The zero-order chi connectivity index (χ0) is 14.1. The van der Waals surface area contributed by atoms with Crippen LogP contribution in [0.3, 0.4) is 0 Å². The van der Waals surface area contributed by atoms with Crippen molar-refractivity contribution >= 4 is 39.1 Å². The number of hydrogen-bond donors (Lipinski definition) is 2. The molecule has 2 aliphatic rings. The van der Waals surface area contributed by atoms with E-state index in [4.69, 9.17) is 4.74 Å². The summed E-state index contributed by atoms with van der Waals surface area (Å²) in [6, 6.07) is 5.65. The molecule has 106 valence electrons. The third kappa shape index (κ3) is 2.71. The molecule has 0 saturated carbocycles. The van der Waals surface area contributed by atoms with Gasteiger partial charge in [-0.2, -0.15) is 0 Å². The average molecular weight is 339 g/mol. The average Bonchev–Trinajstić information content (AvgIpc) is 2.88. The Morgan fingerprint density at radius 1 is 1.20 bits per heavy atom. The van der Waals surface area contributed by atoms with Gasteiger partial charge in [-0.1, -0.05) is 22.0 Å². The van der Waals surface area contributed by atoms with Crippen LogP contribution in [-0.2, 0) is 14.3 Å². The van der Waals surface area contributed by atoms with Gasteiger partial charge in [0.05, 0.1) is 22.3 Å². The SMILES string of the molecule is O=C1CC(=O)Nc2cc(C(Br)C3CCCO3)ccc2N1. The molecule has 2 N–H and O–H groups in total. The number of alkyl halides is 1. The lowest BCUT2D eigenvalue weighted by Gasteiger charge is -2.19. The summed E-state index contributed by atoms with van der Waals surface area (Å²) in [6.07, 6.45) is 2.11. The van der Waals surface area contributed by atoms with Crippen LogP contribution < -0.4 is 10.6 Å². The van der Waals surface area contributed by atoms with Crippen molar-refractivity contribution in [3.63, 3.8) is 0 Å². The Bertz CT molecular complexity index is 555. The monoisotopic (exact) mass is 338 g/mol. The third-order valence-corrected chi connectivity index (χ3v) is 4.64. The molecule has 5 nitrogen and oxygen atoms in total. The van der Waals surface area contributed by atoms with Gasteiger partial charge in [-0.05, 0) is 30.5 Å². The number of fused-ring (bicyclic) bond motifs is 1. The molecule has 0 radical (unpaired) electrons. The number of nitrogens with one attached hydrogen (secondary N) is 2. The maximum atomic E-state index is 11.6. The van der Waals surface area contributed by atoms with Crippen LogP contribution in [0, 0.1) is 0 Å². The first-order chi connectivity index (χ1) is 9.63. The molecule has 0 spiro atoms. The van der Waals surface area contributed by atoms with E-state index in [0.717, 1.165) is 25.0 Å². The van der Waals surface area contributed by atoms with Gasteiger partial charge in [0, 0.05) is 6.61 Å². The fourth-order valence-corrected chi connectivity index (χ4v) is 3.23. The minimum atomic E-state index is -0.290. The lowest BCUT2D eigenvalue weighted by Crippen LogP contribution is -2.16. The molecule has 2 unspecified atom stereocenters. The summed E-state index contributed by atoms with van der Waals surface area (Å²) in [6.45, 7) is 0.796. The van der Waals surface area contributed by atoms with Crippen LogP contribution in [0.5, 0.6) is 0 Å². The summed E-state index contributed by atoms with van der Waals surface area (Å²) in [4.78, 5) is 23.2. The van der Waals surface area contributed by atoms with Crippen molar-refractivity contribution in [3.8, 4) is 0 Å². The predicted molar refractivity (Wildman–Crippen MR) is 79.0 cm³/mol. The van der Waals surface area contributed by atoms with E-state index in [1.54, 1.807) is 0 Å². The second-order valence-electron chi connectivity index (χ2n) is 5.03. The molecule has 6 heteroatoms. The number of halogens is 1. The quantitative estimate of drug-likeness (QED) is 0.643. The second kappa shape index (κ2) is 5.54. The highest BCUT2D eigenvalue weighted by Gasteiger charge is 2.26. The van der Waals surface area contributed by atoms with Crippen LogP contribution in [0.1, 0.15) is 29.7 Å². The van der Waals surface area contributed by atoms with Crippen molar-refractivity contribution in [3.05, 3.63) is 23.8 Å². The van der Waals surface area contributed by atoms with Gasteiger partial charge < -0.3 is 15.4 Å². The molecule has 0 aromatic heterocycles. The van der Waals surface area contributed by atoms with Crippen molar-refractivity contribution < 1.29 is 14.3 Å². The lowest BCUT2D eigenvalue weighted by atomic mass is 10.0. The van der Waals surface area contributed by atoms with Gasteiger partial charge in [0.25, 0.3) is 0 Å². The molecule has 0 aliphatic carbocycles. The normalized spacial score (nSPS) is 23.6. The highest BCUT2D eigenvalue weighted by Crippen LogP contribution is 2.37. The third-order valence-electron chi connectivity index (χ3n) is 3.52. The van der Waals surface area contributed by atoms with Crippen molar-refractivity contribution in [2.45, 2.75) is 30.2 Å². The first-order valence-corrected chi connectivity index (χ1v) is 7.54. The number of ether oxygens (including phenoxy) is 1. The molecule has 2 atom stereocenters. The standard InChI is InChI=1S/C14H15BrN2O3/c15-14(11-2-1-5-20-11)8-3-4-9-10(6-8)17-13(19)7-12(18)16-9/h3-4,6,11,14H,1-2,5,7H2,(H,16,18)(H,17,19). The van der Waals surface area contributed by atoms with Gasteiger partial charge in [0.15, 0.2) is 0 Å². The van der Waals surface area contributed by atoms with Crippen LogP contribution >= 0.6 is 15.9 Å². The van der Waals surface area contributed by atoms with E-state index >= 15 is 0 Å². The number of hydrogen-bond acceptors (Lipinski definition) is 3. The molecule has 0 bridgehead atoms. The number of carbonyl (C=O) groups excluding carboxylic acids is 2. The van der Waals surface area contributed by atoms with Gasteiger partial charge in [-0.3, -0.25) is 9.59 Å². The van der Waals surface area contributed by atoms with E-state index in [1.165, 1.54) is 0 Å². The molecule has 3 rings (SSSR count). The topological polar surface area (TPSA) is 67.4 Å². The molecular formula is C14H15BrN2O3. The van der Waals surface area contributed by atoms with E-state index in [2.05, 4.69) is 26.6 Å². The van der Waals surface area contributed by atoms with Gasteiger partial charge in [-0.25, -0.2) is 0 Å². The lowest BCUT2D eigenvalue weighted by molar-refractivity contribution is -0.123. The smallest absolute Gasteiger partial charge is 0.233 e. The van der Waals surface area contributed by atoms with Crippen molar-refractivity contribution in [2.75, 3.05) is 17.2 Å². The molecule has 2 amide bonds. The van der Waals surface area contributed by atoms with E-state index in [9.17, 15) is 9.59 Å². The Kier molecular flexibility index (Phi) is 3.76. The van der Waals surface area contributed by atoms with Crippen LogP contribution in [0.2, 0.25) is 0 Å². The molecule has 1 aromatic carbocycles. The first kappa shape index (κ1) is 13.6. The van der Waals surface area contributed by atoms with E-state index in [1.807, 2.05) is 18.2 Å². The first-order valence-electron chi connectivity index (χ1n) is 6.63. The van der Waals surface area contributed by atoms with Crippen LogP contribution in [-0.4, -0.2) is 24.5 Å². The maximum absolute atomic E-state index is 11.6. The minimum absolute atomic E-state index is 0.0890. The van der Waals surface area contributed by atoms with Crippen molar-refractivity contribution in [2.24, 2.45) is 0 Å². The molecule has 1 fully saturated rings. The van der Waals surface area contributed by atoms with Gasteiger partial charge in [0.2, 0.25) is 11.8 Å². The number of benzene rings is 1.